The van der Waals surface area contributed by atoms with Gasteiger partial charge in [-0.25, -0.2) is 0 Å². The molecule has 4 heteroatoms. The van der Waals surface area contributed by atoms with Gasteiger partial charge in [-0.2, -0.15) is 0 Å². The third kappa shape index (κ3) is 2.89. The summed E-state index contributed by atoms with van der Waals surface area (Å²) in [7, 11) is 5.22. The molecule has 106 valence electrons. The van der Waals surface area contributed by atoms with Crippen molar-refractivity contribution in [2.75, 3.05) is 21.3 Å². The molecule has 20 heavy (non-hydrogen) atoms. The standard InChI is InChI=1S/C16H18ClNO2/c1-18-10-11-9-12(17)7-8-13(11)16-14(19-2)5-4-6-15(16)20-3/h4-9,18H,10H2,1-3H3. The number of benzene rings is 2. The van der Waals surface area contributed by atoms with Gasteiger partial charge in [0, 0.05) is 11.6 Å². The van der Waals surface area contributed by atoms with Gasteiger partial charge in [-0.1, -0.05) is 23.7 Å². The molecular formula is C16H18ClNO2. The zero-order valence-electron chi connectivity index (χ0n) is 11.9. The fraction of sp³-hybridized carbons (Fsp3) is 0.250. The normalized spacial score (nSPS) is 10.4. The molecule has 0 unspecified atom stereocenters. The first kappa shape index (κ1) is 14.7. The second-order valence-electron chi connectivity index (χ2n) is 4.37. The minimum atomic E-state index is 0.716. The molecule has 0 heterocycles. The molecule has 0 atom stereocenters. The first-order chi connectivity index (χ1) is 9.71. The van der Waals surface area contributed by atoms with Gasteiger partial charge in [0.05, 0.1) is 19.8 Å². The van der Waals surface area contributed by atoms with Crippen LogP contribution < -0.4 is 14.8 Å². The summed E-state index contributed by atoms with van der Waals surface area (Å²) in [5.41, 5.74) is 3.10. The van der Waals surface area contributed by atoms with E-state index in [1.54, 1.807) is 14.2 Å². The Morgan fingerprint density at radius 1 is 1.05 bits per heavy atom. The average Bonchev–Trinajstić information content (AvgIpc) is 2.47. The van der Waals surface area contributed by atoms with Crippen molar-refractivity contribution in [1.29, 1.82) is 0 Å². The minimum Gasteiger partial charge on any atom is -0.496 e. The van der Waals surface area contributed by atoms with E-state index in [0.29, 0.717) is 5.02 Å². The number of hydrogen-bond acceptors (Lipinski definition) is 3. The Balaban J connectivity index is 2.67. The summed E-state index contributed by atoms with van der Waals surface area (Å²) in [6.45, 7) is 0.719. The van der Waals surface area contributed by atoms with Gasteiger partial charge in [0.2, 0.25) is 0 Å². The summed E-state index contributed by atoms with van der Waals surface area (Å²) in [6, 6.07) is 11.6. The summed E-state index contributed by atoms with van der Waals surface area (Å²) < 4.78 is 10.9. The molecule has 0 bridgehead atoms. The Labute approximate surface area is 124 Å². The van der Waals surface area contributed by atoms with Crippen molar-refractivity contribution in [2.45, 2.75) is 6.54 Å². The van der Waals surface area contributed by atoms with Crippen LogP contribution in [0.3, 0.4) is 0 Å². The summed E-state index contributed by atoms with van der Waals surface area (Å²) in [5.74, 6) is 1.56. The second kappa shape index (κ2) is 6.64. The maximum absolute atomic E-state index is 6.10. The third-order valence-corrected chi connectivity index (χ3v) is 3.37. The third-order valence-electron chi connectivity index (χ3n) is 3.13. The van der Waals surface area contributed by atoms with E-state index in [1.165, 1.54) is 0 Å². The molecule has 0 saturated carbocycles. The highest BCUT2D eigenvalue weighted by atomic mass is 35.5. The first-order valence-electron chi connectivity index (χ1n) is 6.35. The number of nitrogens with one attached hydrogen (secondary N) is 1. The number of ether oxygens (including phenoxy) is 2. The molecule has 0 amide bonds. The van der Waals surface area contributed by atoms with E-state index in [0.717, 1.165) is 34.7 Å². The molecule has 1 N–H and O–H groups in total. The van der Waals surface area contributed by atoms with Crippen LogP contribution in [0.15, 0.2) is 36.4 Å². The molecule has 0 aliphatic carbocycles. The summed E-state index contributed by atoms with van der Waals surface area (Å²) in [6.07, 6.45) is 0. The fourth-order valence-corrected chi connectivity index (χ4v) is 2.45. The van der Waals surface area contributed by atoms with Gasteiger partial charge in [0.15, 0.2) is 0 Å². The largest absolute Gasteiger partial charge is 0.496 e. The quantitative estimate of drug-likeness (QED) is 0.910. The van der Waals surface area contributed by atoms with Crippen molar-refractivity contribution in [3.8, 4) is 22.6 Å². The lowest BCUT2D eigenvalue weighted by Gasteiger charge is -2.16. The SMILES string of the molecule is CNCc1cc(Cl)ccc1-c1c(OC)cccc1OC. The molecule has 0 aromatic heterocycles. The van der Waals surface area contributed by atoms with Gasteiger partial charge in [-0.15, -0.1) is 0 Å². The highest BCUT2D eigenvalue weighted by Gasteiger charge is 2.15. The van der Waals surface area contributed by atoms with E-state index in [2.05, 4.69) is 5.32 Å². The fourth-order valence-electron chi connectivity index (χ4n) is 2.26. The van der Waals surface area contributed by atoms with Gasteiger partial charge >= 0.3 is 0 Å². The van der Waals surface area contributed by atoms with Crippen molar-refractivity contribution in [3.63, 3.8) is 0 Å². The summed E-state index contributed by atoms with van der Waals surface area (Å²) >= 11 is 6.10. The van der Waals surface area contributed by atoms with Crippen molar-refractivity contribution < 1.29 is 9.47 Å². The van der Waals surface area contributed by atoms with Crippen LogP contribution in [0.2, 0.25) is 5.02 Å². The van der Waals surface area contributed by atoms with Crippen LogP contribution >= 0.6 is 11.6 Å². The monoisotopic (exact) mass is 291 g/mol. The van der Waals surface area contributed by atoms with E-state index in [9.17, 15) is 0 Å². The number of halogens is 1. The topological polar surface area (TPSA) is 30.5 Å². The van der Waals surface area contributed by atoms with Crippen molar-refractivity contribution in [1.82, 2.24) is 5.32 Å². The number of hydrogen-bond donors (Lipinski definition) is 1. The molecule has 0 aliphatic heterocycles. The van der Waals surface area contributed by atoms with Gasteiger partial charge < -0.3 is 14.8 Å². The van der Waals surface area contributed by atoms with Crippen LogP contribution in [0.4, 0.5) is 0 Å². The minimum absolute atomic E-state index is 0.716. The Bertz CT molecular complexity index is 577. The van der Waals surface area contributed by atoms with Crippen LogP contribution in [-0.4, -0.2) is 21.3 Å². The molecule has 0 spiro atoms. The highest BCUT2D eigenvalue weighted by Crippen LogP contribution is 2.40. The van der Waals surface area contributed by atoms with Gasteiger partial charge in [0.25, 0.3) is 0 Å². The molecule has 2 aromatic carbocycles. The van der Waals surface area contributed by atoms with E-state index in [4.69, 9.17) is 21.1 Å². The predicted octanol–water partition coefficient (Wildman–Crippen LogP) is 3.74. The van der Waals surface area contributed by atoms with E-state index < -0.39 is 0 Å². The maximum atomic E-state index is 6.10. The van der Waals surface area contributed by atoms with Gasteiger partial charge in [-0.3, -0.25) is 0 Å². The Hall–Kier alpha value is -1.71. The van der Waals surface area contributed by atoms with Crippen molar-refractivity contribution in [3.05, 3.63) is 47.0 Å². The van der Waals surface area contributed by atoms with Crippen LogP contribution in [0.1, 0.15) is 5.56 Å². The lowest BCUT2D eigenvalue weighted by atomic mass is 9.97. The summed E-state index contributed by atoms with van der Waals surface area (Å²) in [4.78, 5) is 0. The maximum Gasteiger partial charge on any atom is 0.130 e. The van der Waals surface area contributed by atoms with E-state index in [1.807, 2.05) is 43.4 Å². The average molecular weight is 292 g/mol. The Kier molecular flexibility index (Phi) is 4.88. The van der Waals surface area contributed by atoms with Crippen LogP contribution in [0.5, 0.6) is 11.5 Å². The molecule has 0 radical (unpaired) electrons. The van der Waals surface area contributed by atoms with Gasteiger partial charge in [0.1, 0.15) is 11.5 Å². The molecule has 2 aromatic rings. The predicted molar refractivity (Wildman–Crippen MR) is 82.8 cm³/mol. The highest BCUT2D eigenvalue weighted by molar-refractivity contribution is 6.30. The molecule has 0 aliphatic rings. The van der Waals surface area contributed by atoms with Crippen LogP contribution in [0.25, 0.3) is 11.1 Å². The molecule has 0 fully saturated rings. The molecule has 0 saturated heterocycles. The van der Waals surface area contributed by atoms with Crippen molar-refractivity contribution in [2.24, 2.45) is 0 Å². The molecule has 3 nitrogen and oxygen atoms in total. The Morgan fingerprint density at radius 3 is 2.25 bits per heavy atom. The van der Waals surface area contributed by atoms with E-state index >= 15 is 0 Å². The summed E-state index contributed by atoms with van der Waals surface area (Å²) in [5, 5.41) is 3.87. The zero-order valence-corrected chi connectivity index (χ0v) is 12.6. The van der Waals surface area contributed by atoms with Crippen LogP contribution in [-0.2, 0) is 6.54 Å². The number of rotatable bonds is 5. The van der Waals surface area contributed by atoms with Gasteiger partial charge in [-0.05, 0) is 42.4 Å². The first-order valence-corrected chi connectivity index (χ1v) is 6.73. The van der Waals surface area contributed by atoms with E-state index in [-0.39, 0.29) is 0 Å². The van der Waals surface area contributed by atoms with Crippen molar-refractivity contribution >= 4 is 11.6 Å². The zero-order chi connectivity index (χ0) is 14.5. The smallest absolute Gasteiger partial charge is 0.130 e. The molecule has 2 rings (SSSR count). The number of methoxy groups -OCH3 is 2. The Morgan fingerprint density at radius 2 is 1.70 bits per heavy atom. The van der Waals surface area contributed by atoms with Crippen LogP contribution in [0, 0.1) is 0 Å². The lowest BCUT2D eigenvalue weighted by Crippen LogP contribution is -2.07. The lowest BCUT2D eigenvalue weighted by molar-refractivity contribution is 0.397. The second-order valence-corrected chi connectivity index (χ2v) is 4.81. The molecular weight excluding hydrogens is 274 g/mol.